The smallest absolute Gasteiger partial charge is 0.253 e. The van der Waals surface area contributed by atoms with E-state index in [9.17, 15) is 4.79 Å². The van der Waals surface area contributed by atoms with Crippen LogP contribution >= 0.6 is 11.3 Å². The van der Waals surface area contributed by atoms with E-state index in [1.54, 1.807) is 10.9 Å². The molecule has 25 heavy (non-hydrogen) atoms. The van der Waals surface area contributed by atoms with Crippen LogP contribution in [0.5, 0.6) is 0 Å². The Hall–Kier alpha value is -2.44. The molecule has 3 aromatic rings. The van der Waals surface area contributed by atoms with Crippen molar-refractivity contribution in [3.63, 3.8) is 0 Å². The second-order valence-corrected chi connectivity index (χ2v) is 7.12. The number of nitrogens with zero attached hydrogens (tertiary/aromatic N) is 3. The summed E-state index contributed by atoms with van der Waals surface area (Å²) >= 11 is 1.85. The van der Waals surface area contributed by atoms with E-state index >= 15 is 0 Å². The van der Waals surface area contributed by atoms with Gasteiger partial charge in [-0.3, -0.25) is 9.69 Å². The first-order valence-corrected chi connectivity index (χ1v) is 9.34. The van der Waals surface area contributed by atoms with E-state index in [0.717, 1.165) is 31.7 Å². The Bertz CT molecular complexity index is 856. The van der Waals surface area contributed by atoms with Crippen molar-refractivity contribution >= 4 is 17.2 Å². The van der Waals surface area contributed by atoms with Gasteiger partial charge < -0.3 is 5.32 Å². The maximum Gasteiger partial charge on any atom is 0.253 e. The molecule has 6 heteroatoms. The molecule has 1 aromatic carbocycles. The number of rotatable bonds is 5. The number of hydrogen-bond acceptors (Lipinski definition) is 4. The molecule has 5 nitrogen and oxygen atoms in total. The molecule has 0 bridgehead atoms. The first kappa shape index (κ1) is 16.1. The standard InChI is InChI=1S/C19H20N4OS/c24-19(16-4-1-2-5-17(16)23-10-3-8-21-23)20-9-12-22-11-6-18-15(14-22)7-13-25-18/h1-5,7-8,10,13H,6,9,11-12,14H2,(H,20,24). The molecule has 1 amide bonds. The van der Waals surface area contributed by atoms with Gasteiger partial charge in [-0.05, 0) is 41.6 Å². The summed E-state index contributed by atoms with van der Waals surface area (Å²) in [5, 5.41) is 9.45. The van der Waals surface area contributed by atoms with Crippen molar-refractivity contribution in [3.05, 3.63) is 70.2 Å². The van der Waals surface area contributed by atoms with Gasteiger partial charge in [0.25, 0.3) is 5.91 Å². The van der Waals surface area contributed by atoms with E-state index in [1.807, 2.05) is 47.9 Å². The third-order valence-corrected chi connectivity index (χ3v) is 5.52. The number of aromatic nitrogens is 2. The maximum absolute atomic E-state index is 12.6. The van der Waals surface area contributed by atoms with Gasteiger partial charge in [0.1, 0.15) is 0 Å². The van der Waals surface area contributed by atoms with E-state index in [2.05, 4.69) is 26.8 Å². The van der Waals surface area contributed by atoms with Gasteiger partial charge in [-0.15, -0.1) is 11.3 Å². The molecule has 0 atom stereocenters. The lowest BCUT2D eigenvalue weighted by Crippen LogP contribution is -2.37. The normalized spacial score (nSPS) is 14.2. The maximum atomic E-state index is 12.6. The van der Waals surface area contributed by atoms with Gasteiger partial charge in [-0.2, -0.15) is 5.10 Å². The van der Waals surface area contributed by atoms with Crippen molar-refractivity contribution in [3.8, 4) is 5.69 Å². The second kappa shape index (κ2) is 7.21. The highest BCUT2D eigenvalue weighted by molar-refractivity contribution is 7.10. The fraction of sp³-hybridized carbons (Fsp3) is 0.263. The van der Waals surface area contributed by atoms with Crippen molar-refractivity contribution in [2.24, 2.45) is 0 Å². The predicted octanol–water partition coefficient (Wildman–Crippen LogP) is 2.72. The van der Waals surface area contributed by atoms with Crippen molar-refractivity contribution < 1.29 is 4.79 Å². The minimum atomic E-state index is -0.0562. The summed E-state index contributed by atoms with van der Waals surface area (Å²) in [6.07, 6.45) is 4.67. The minimum absolute atomic E-state index is 0.0562. The van der Waals surface area contributed by atoms with Crippen LogP contribution in [0.4, 0.5) is 0 Å². The van der Waals surface area contributed by atoms with Crippen LogP contribution in [0, 0.1) is 0 Å². The summed E-state index contributed by atoms with van der Waals surface area (Å²) in [6.45, 7) is 3.56. The molecule has 1 aliphatic rings. The number of para-hydroxylation sites is 1. The Morgan fingerprint density at radius 2 is 2.16 bits per heavy atom. The summed E-state index contributed by atoms with van der Waals surface area (Å²) in [6, 6.07) is 11.6. The molecule has 4 rings (SSSR count). The van der Waals surface area contributed by atoms with E-state index in [4.69, 9.17) is 0 Å². The predicted molar refractivity (Wildman–Crippen MR) is 99.2 cm³/mol. The summed E-state index contributed by atoms with van der Waals surface area (Å²) in [4.78, 5) is 16.5. The number of fused-ring (bicyclic) bond motifs is 1. The number of carbonyl (C=O) groups excluding carboxylic acids is 1. The molecule has 0 aliphatic carbocycles. The number of amides is 1. The molecule has 0 saturated heterocycles. The molecule has 128 valence electrons. The molecule has 0 spiro atoms. The Labute approximate surface area is 150 Å². The molecular formula is C19H20N4OS. The summed E-state index contributed by atoms with van der Waals surface area (Å²) in [5.41, 5.74) is 2.88. The van der Waals surface area contributed by atoms with Crippen molar-refractivity contribution in [1.29, 1.82) is 0 Å². The van der Waals surface area contributed by atoms with Crippen LogP contribution in [0.2, 0.25) is 0 Å². The van der Waals surface area contributed by atoms with Crippen LogP contribution < -0.4 is 5.32 Å². The summed E-state index contributed by atoms with van der Waals surface area (Å²) < 4.78 is 1.72. The molecule has 1 N–H and O–H groups in total. The molecule has 1 aliphatic heterocycles. The molecule has 0 saturated carbocycles. The first-order valence-electron chi connectivity index (χ1n) is 8.46. The SMILES string of the molecule is O=C(NCCN1CCc2sccc2C1)c1ccccc1-n1cccn1. The Morgan fingerprint density at radius 1 is 1.24 bits per heavy atom. The summed E-state index contributed by atoms with van der Waals surface area (Å²) in [7, 11) is 0. The Morgan fingerprint density at radius 3 is 3.04 bits per heavy atom. The second-order valence-electron chi connectivity index (χ2n) is 6.12. The summed E-state index contributed by atoms with van der Waals surface area (Å²) in [5.74, 6) is -0.0562. The van der Waals surface area contributed by atoms with E-state index in [-0.39, 0.29) is 5.91 Å². The molecule has 3 heterocycles. The van der Waals surface area contributed by atoms with Crippen LogP contribution in [0.3, 0.4) is 0 Å². The van der Waals surface area contributed by atoms with E-state index in [1.165, 1.54) is 10.4 Å². The zero-order valence-electron chi connectivity index (χ0n) is 13.9. The van der Waals surface area contributed by atoms with E-state index < -0.39 is 0 Å². The highest BCUT2D eigenvalue weighted by atomic mass is 32.1. The average molecular weight is 352 g/mol. The van der Waals surface area contributed by atoms with Crippen LogP contribution in [0.15, 0.2) is 54.2 Å². The molecule has 0 fully saturated rings. The monoisotopic (exact) mass is 352 g/mol. The first-order chi connectivity index (χ1) is 12.3. The lowest BCUT2D eigenvalue weighted by atomic mass is 10.1. The van der Waals surface area contributed by atoms with Crippen LogP contribution in [0.1, 0.15) is 20.8 Å². The van der Waals surface area contributed by atoms with Gasteiger partial charge in [0, 0.05) is 43.4 Å². The number of thiophene rings is 1. The lowest BCUT2D eigenvalue weighted by Gasteiger charge is -2.26. The van der Waals surface area contributed by atoms with Gasteiger partial charge in [0.2, 0.25) is 0 Å². The fourth-order valence-corrected chi connectivity index (χ4v) is 4.09. The number of hydrogen-bond donors (Lipinski definition) is 1. The van der Waals surface area contributed by atoms with Crippen molar-refractivity contribution in [2.75, 3.05) is 19.6 Å². The molecule has 2 aromatic heterocycles. The van der Waals surface area contributed by atoms with Gasteiger partial charge >= 0.3 is 0 Å². The van der Waals surface area contributed by atoms with Gasteiger partial charge in [0.15, 0.2) is 0 Å². The Kier molecular flexibility index (Phi) is 4.63. The van der Waals surface area contributed by atoms with Crippen molar-refractivity contribution in [1.82, 2.24) is 20.0 Å². The molecule has 0 unspecified atom stereocenters. The Balaban J connectivity index is 1.36. The van der Waals surface area contributed by atoms with Crippen molar-refractivity contribution in [2.45, 2.75) is 13.0 Å². The highest BCUT2D eigenvalue weighted by Gasteiger charge is 2.17. The minimum Gasteiger partial charge on any atom is -0.351 e. The van der Waals surface area contributed by atoms with Crippen LogP contribution in [0.25, 0.3) is 5.69 Å². The fourth-order valence-electron chi connectivity index (χ4n) is 3.20. The van der Waals surface area contributed by atoms with Crippen LogP contribution in [-0.2, 0) is 13.0 Å². The van der Waals surface area contributed by atoms with Gasteiger partial charge in [0.05, 0.1) is 11.3 Å². The lowest BCUT2D eigenvalue weighted by molar-refractivity contribution is 0.0947. The third-order valence-electron chi connectivity index (χ3n) is 4.50. The number of carbonyl (C=O) groups is 1. The van der Waals surface area contributed by atoms with Crippen LogP contribution in [-0.4, -0.2) is 40.2 Å². The van der Waals surface area contributed by atoms with E-state index in [0.29, 0.717) is 12.1 Å². The quantitative estimate of drug-likeness (QED) is 0.768. The third kappa shape index (κ3) is 3.50. The topological polar surface area (TPSA) is 50.2 Å². The molecule has 0 radical (unpaired) electrons. The number of benzene rings is 1. The zero-order valence-corrected chi connectivity index (χ0v) is 14.7. The van der Waals surface area contributed by atoms with Gasteiger partial charge in [-0.25, -0.2) is 4.68 Å². The highest BCUT2D eigenvalue weighted by Crippen LogP contribution is 2.23. The molecular weight excluding hydrogens is 332 g/mol. The largest absolute Gasteiger partial charge is 0.351 e. The average Bonchev–Trinajstić information content (AvgIpc) is 3.33. The zero-order chi connectivity index (χ0) is 17.1. The number of nitrogens with one attached hydrogen (secondary N) is 1. The van der Waals surface area contributed by atoms with Gasteiger partial charge in [-0.1, -0.05) is 12.1 Å².